The van der Waals surface area contributed by atoms with Crippen molar-refractivity contribution in [2.24, 2.45) is 0 Å². The molecular formula is C26H30N4O4. The van der Waals surface area contributed by atoms with E-state index in [0.29, 0.717) is 23.4 Å². The molecule has 0 radical (unpaired) electrons. The summed E-state index contributed by atoms with van der Waals surface area (Å²) in [6.45, 7) is 6.87. The highest BCUT2D eigenvalue weighted by molar-refractivity contribution is 5.99. The molecule has 3 heterocycles. The summed E-state index contributed by atoms with van der Waals surface area (Å²) >= 11 is 0. The van der Waals surface area contributed by atoms with Gasteiger partial charge in [0.05, 0.1) is 42.2 Å². The van der Waals surface area contributed by atoms with Gasteiger partial charge in [-0.3, -0.25) is 0 Å². The van der Waals surface area contributed by atoms with E-state index >= 15 is 0 Å². The number of aromatic nitrogens is 3. The van der Waals surface area contributed by atoms with Crippen LogP contribution < -0.4 is 9.64 Å². The number of hydrogen-bond acceptors (Lipinski definition) is 6. The van der Waals surface area contributed by atoms with Crippen molar-refractivity contribution in [2.75, 3.05) is 38.8 Å². The molecule has 2 aromatic carbocycles. The standard InChI is InChI=1S/C26H30N4O4/c1-5-29-24-19(12-18(26(32)34-4)14-22(24)33-3)27-25(29)21-13-17-8-6-9-20-23(17)30(21)16(2)15-28(20)10-7-11-31/h6,8-9,12-14,16,31H,5,7,10-11,15H2,1-4H3. The normalized spacial score (nSPS) is 15.3. The number of methoxy groups -OCH3 is 2. The number of carbonyl (C=O) groups excluding carboxylic acids is 1. The molecule has 0 aliphatic carbocycles. The van der Waals surface area contributed by atoms with Crippen LogP contribution in [-0.2, 0) is 11.3 Å². The molecule has 2 aromatic heterocycles. The second kappa shape index (κ2) is 8.68. The average Bonchev–Trinajstić information content (AvgIpc) is 3.43. The summed E-state index contributed by atoms with van der Waals surface area (Å²) in [6.07, 6.45) is 0.741. The van der Waals surface area contributed by atoms with Gasteiger partial charge in [0.25, 0.3) is 0 Å². The lowest BCUT2D eigenvalue weighted by atomic mass is 10.1. The van der Waals surface area contributed by atoms with Crippen molar-refractivity contribution >= 4 is 33.6 Å². The van der Waals surface area contributed by atoms with Crippen molar-refractivity contribution in [3.8, 4) is 17.3 Å². The Morgan fingerprint density at radius 2 is 2.03 bits per heavy atom. The molecule has 1 atom stereocenters. The third kappa shape index (κ3) is 3.32. The lowest BCUT2D eigenvalue weighted by molar-refractivity contribution is 0.0600. The van der Waals surface area contributed by atoms with Crippen LogP contribution in [0.15, 0.2) is 36.4 Å². The fourth-order valence-electron chi connectivity index (χ4n) is 5.25. The lowest BCUT2D eigenvalue weighted by Gasteiger charge is -2.35. The van der Waals surface area contributed by atoms with Crippen LogP contribution in [0.2, 0.25) is 0 Å². The number of aliphatic hydroxyl groups is 1. The molecule has 8 heteroatoms. The molecule has 5 rings (SSSR count). The molecule has 178 valence electrons. The quantitative estimate of drug-likeness (QED) is 0.414. The molecule has 34 heavy (non-hydrogen) atoms. The summed E-state index contributed by atoms with van der Waals surface area (Å²) in [5.41, 5.74) is 5.38. The van der Waals surface area contributed by atoms with Gasteiger partial charge in [0, 0.05) is 37.7 Å². The van der Waals surface area contributed by atoms with Gasteiger partial charge in [-0.25, -0.2) is 9.78 Å². The smallest absolute Gasteiger partial charge is 0.338 e. The first-order valence-electron chi connectivity index (χ1n) is 11.7. The molecule has 4 aromatic rings. The number of nitrogens with zero attached hydrogens (tertiary/aromatic N) is 4. The number of benzene rings is 2. The molecule has 0 spiro atoms. The zero-order valence-corrected chi connectivity index (χ0v) is 20.0. The maximum atomic E-state index is 12.2. The average molecular weight is 463 g/mol. The maximum Gasteiger partial charge on any atom is 0.338 e. The second-order valence-corrected chi connectivity index (χ2v) is 8.70. The molecule has 1 aliphatic rings. The van der Waals surface area contributed by atoms with E-state index < -0.39 is 5.97 Å². The van der Waals surface area contributed by atoms with Gasteiger partial charge in [0.2, 0.25) is 0 Å². The number of aryl methyl sites for hydroxylation is 1. The van der Waals surface area contributed by atoms with Crippen LogP contribution in [0, 0.1) is 0 Å². The van der Waals surface area contributed by atoms with Gasteiger partial charge in [0.1, 0.15) is 11.3 Å². The van der Waals surface area contributed by atoms with Gasteiger partial charge in [-0.05, 0) is 44.5 Å². The molecular weight excluding hydrogens is 432 g/mol. The SMILES string of the molecule is CCn1c(-c2cc3cccc4c3n2C(C)CN4CCCO)nc2cc(C(=O)OC)cc(OC)c21. The van der Waals surface area contributed by atoms with E-state index in [1.165, 1.54) is 18.3 Å². The topological polar surface area (TPSA) is 81.8 Å². The number of fused-ring (bicyclic) bond motifs is 1. The number of rotatable bonds is 7. The molecule has 1 aliphatic heterocycles. The van der Waals surface area contributed by atoms with Crippen molar-refractivity contribution < 1.29 is 19.4 Å². The number of carbonyl (C=O) groups is 1. The van der Waals surface area contributed by atoms with Crippen LogP contribution in [0.1, 0.15) is 36.7 Å². The number of imidazole rings is 1. The summed E-state index contributed by atoms with van der Waals surface area (Å²) in [4.78, 5) is 19.6. The van der Waals surface area contributed by atoms with Gasteiger partial charge in [-0.1, -0.05) is 12.1 Å². The molecule has 0 saturated heterocycles. The van der Waals surface area contributed by atoms with E-state index in [1.54, 1.807) is 19.2 Å². The third-order valence-corrected chi connectivity index (χ3v) is 6.68. The number of esters is 1. The highest BCUT2D eigenvalue weighted by atomic mass is 16.5. The summed E-state index contributed by atoms with van der Waals surface area (Å²) in [6, 6.07) is 12.3. The van der Waals surface area contributed by atoms with Crippen LogP contribution in [-0.4, -0.2) is 59.1 Å². The lowest BCUT2D eigenvalue weighted by Crippen LogP contribution is -2.35. The van der Waals surface area contributed by atoms with Gasteiger partial charge < -0.3 is 28.6 Å². The molecule has 0 amide bonds. The number of anilines is 1. The Labute approximate surface area is 198 Å². The fourth-order valence-corrected chi connectivity index (χ4v) is 5.25. The molecule has 1 N–H and O–H groups in total. The van der Waals surface area contributed by atoms with Crippen LogP contribution in [0.5, 0.6) is 5.75 Å². The van der Waals surface area contributed by atoms with Gasteiger partial charge in [-0.2, -0.15) is 0 Å². The number of ether oxygens (including phenoxy) is 2. The highest BCUT2D eigenvalue weighted by Crippen LogP contribution is 2.42. The zero-order valence-electron chi connectivity index (χ0n) is 20.0. The van der Waals surface area contributed by atoms with Crippen molar-refractivity contribution in [3.05, 3.63) is 42.0 Å². The van der Waals surface area contributed by atoms with Crippen LogP contribution >= 0.6 is 0 Å². The minimum absolute atomic E-state index is 0.184. The molecule has 0 saturated carbocycles. The van der Waals surface area contributed by atoms with E-state index in [1.807, 2.05) is 0 Å². The molecule has 0 fully saturated rings. The minimum Gasteiger partial charge on any atom is -0.494 e. The maximum absolute atomic E-state index is 12.2. The first-order valence-corrected chi connectivity index (χ1v) is 11.7. The largest absolute Gasteiger partial charge is 0.494 e. The number of hydrogen-bond donors (Lipinski definition) is 1. The zero-order chi connectivity index (χ0) is 24.0. The molecule has 1 unspecified atom stereocenters. The van der Waals surface area contributed by atoms with Crippen LogP contribution in [0.25, 0.3) is 33.5 Å². The van der Waals surface area contributed by atoms with E-state index in [4.69, 9.17) is 14.5 Å². The Hall–Kier alpha value is -3.52. The Balaban J connectivity index is 1.76. The minimum atomic E-state index is -0.419. The number of aliphatic hydroxyl groups excluding tert-OH is 1. The second-order valence-electron chi connectivity index (χ2n) is 8.70. The number of para-hydroxylation sites is 1. The first kappa shape index (κ1) is 22.3. The van der Waals surface area contributed by atoms with Gasteiger partial charge >= 0.3 is 5.97 Å². The predicted molar refractivity (Wildman–Crippen MR) is 133 cm³/mol. The Morgan fingerprint density at radius 3 is 2.74 bits per heavy atom. The van der Waals surface area contributed by atoms with Crippen molar-refractivity contribution in [2.45, 2.75) is 32.9 Å². The van der Waals surface area contributed by atoms with E-state index in [2.05, 4.69) is 52.1 Å². The fraction of sp³-hybridized carbons (Fsp3) is 0.385. The predicted octanol–water partition coefficient (Wildman–Crippen LogP) is 4.24. The molecule has 0 bridgehead atoms. The third-order valence-electron chi connectivity index (χ3n) is 6.68. The van der Waals surface area contributed by atoms with Crippen molar-refractivity contribution in [1.29, 1.82) is 0 Å². The molecule has 8 nitrogen and oxygen atoms in total. The Kier molecular flexibility index (Phi) is 5.69. The van der Waals surface area contributed by atoms with E-state index in [0.717, 1.165) is 41.9 Å². The van der Waals surface area contributed by atoms with Crippen LogP contribution in [0.3, 0.4) is 0 Å². The Bertz CT molecular complexity index is 1390. The highest BCUT2D eigenvalue weighted by Gasteiger charge is 2.29. The first-order chi connectivity index (χ1) is 16.5. The van der Waals surface area contributed by atoms with Crippen LogP contribution in [0.4, 0.5) is 5.69 Å². The van der Waals surface area contributed by atoms with Crippen molar-refractivity contribution in [1.82, 2.24) is 14.1 Å². The summed E-state index contributed by atoms with van der Waals surface area (Å²) in [5, 5.41) is 10.5. The van der Waals surface area contributed by atoms with Crippen molar-refractivity contribution in [3.63, 3.8) is 0 Å². The van der Waals surface area contributed by atoms with Gasteiger partial charge in [0.15, 0.2) is 5.82 Å². The summed E-state index contributed by atoms with van der Waals surface area (Å²) < 4.78 is 15.1. The summed E-state index contributed by atoms with van der Waals surface area (Å²) in [7, 11) is 2.97. The van der Waals surface area contributed by atoms with Gasteiger partial charge in [-0.15, -0.1) is 0 Å². The summed E-state index contributed by atoms with van der Waals surface area (Å²) in [5.74, 6) is 1.02. The van der Waals surface area contributed by atoms with E-state index in [-0.39, 0.29) is 12.6 Å². The Morgan fingerprint density at radius 1 is 1.21 bits per heavy atom. The monoisotopic (exact) mass is 462 g/mol. The van der Waals surface area contributed by atoms with E-state index in [9.17, 15) is 9.90 Å².